The Morgan fingerprint density at radius 1 is 1.34 bits per heavy atom. The first kappa shape index (κ1) is 30.9. The van der Waals surface area contributed by atoms with Crippen LogP contribution in [0.2, 0.25) is 0 Å². The van der Waals surface area contributed by atoms with E-state index in [1.165, 1.54) is 18.2 Å². The van der Waals surface area contributed by atoms with Crippen molar-refractivity contribution < 1.29 is 33.3 Å². The molecule has 3 atom stereocenters. The molecule has 1 aromatic heterocycles. The van der Waals surface area contributed by atoms with Crippen LogP contribution in [0.1, 0.15) is 74.5 Å². The van der Waals surface area contributed by atoms with Crippen molar-refractivity contribution in [3.05, 3.63) is 52.6 Å². The number of unbranched alkanes of at least 4 members (excludes halogenated alkanes) is 1. The lowest BCUT2D eigenvalue weighted by molar-refractivity contribution is -0.143. The maximum absolute atomic E-state index is 14.3. The summed E-state index contributed by atoms with van der Waals surface area (Å²) in [5.41, 5.74) is 2.99. The molecular formula is C31H42FN3O6. The fourth-order valence-corrected chi connectivity index (χ4v) is 5.44. The molecule has 1 aromatic carbocycles. The van der Waals surface area contributed by atoms with Crippen molar-refractivity contribution in [1.82, 2.24) is 9.88 Å². The number of aryl methyl sites for hydroxylation is 2. The number of hydrogen-bond acceptors (Lipinski definition) is 8. The van der Waals surface area contributed by atoms with Crippen molar-refractivity contribution in [2.45, 2.75) is 83.1 Å². The molecule has 2 aliphatic heterocycles. The number of pyridine rings is 1. The number of rotatable bonds is 15. The van der Waals surface area contributed by atoms with Gasteiger partial charge in [-0.15, -0.1) is 0 Å². The number of benzene rings is 1. The topological polar surface area (TPSA) is 110 Å². The van der Waals surface area contributed by atoms with Gasteiger partial charge in [-0.1, -0.05) is 13.0 Å². The summed E-state index contributed by atoms with van der Waals surface area (Å²) in [6.45, 7) is 5.99. The van der Waals surface area contributed by atoms with Gasteiger partial charge in [-0.05, 0) is 75.1 Å². The van der Waals surface area contributed by atoms with Gasteiger partial charge in [0.25, 0.3) is 0 Å². The molecule has 41 heavy (non-hydrogen) atoms. The van der Waals surface area contributed by atoms with Crippen molar-refractivity contribution >= 4 is 17.9 Å². The molecule has 0 amide bonds. The number of carbonyl (C=O) groups excluding carboxylic acids is 1. The maximum Gasteiger partial charge on any atom is 0.325 e. The second kappa shape index (κ2) is 14.2. The predicted molar refractivity (Wildman–Crippen MR) is 153 cm³/mol. The third-order valence-corrected chi connectivity index (χ3v) is 8.09. The Bertz CT molecular complexity index is 1190. The number of ether oxygens (including phenoxy) is 3. The van der Waals surface area contributed by atoms with E-state index in [9.17, 15) is 19.1 Å². The molecule has 1 saturated heterocycles. The standard InChI is InChI=1S/C31H42FN3O6/c1-4-31(2,20-36)41-19-21-10-11-22(32)16-25(21)29(30(37)38)35-14-12-24(18-35)40-15-6-5-8-23-17-27(39-3)28-26(34-23)9-7-13-33-28/h10-11,16-17,20,24,29,33H,4-9,12-15,18-19H2,1-3H3,(H,37,38)/t24-,29?,31?/m1/s1. The van der Waals surface area contributed by atoms with Gasteiger partial charge in [0.1, 0.15) is 23.2 Å². The Morgan fingerprint density at radius 3 is 2.90 bits per heavy atom. The zero-order valence-electron chi connectivity index (χ0n) is 24.3. The van der Waals surface area contributed by atoms with Crippen LogP contribution in [0.4, 0.5) is 10.1 Å². The van der Waals surface area contributed by atoms with E-state index in [4.69, 9.17) is 19.2 Å². The van der Waals surface area contributed by atoms with Gasteiger partial charge < -0.3 is 29.4 Å². The maximum atomic E-state index is 14.3. The van der Waals surface area contributed by atoms with E-state index in [1.807, 2.05) is 17.9 Å². The lowest BCUT2D eigenvalue weighted by Gasteiger charge is -2.28. The number of aliphatic carboxylic acids is 1. The average Bonchev–Trinajstić information content (AvgIpc) is 3.43. The molecule has 4 rings (SSSR count). The lowest BCUT2D eigenvalue weighted by atomic mass is 9.98. The second-order valence-electron chi connectivity index (χ2n) is 11.1. The highest BCUT2D eigenvalue weighted by Gasteiger charge is 2.36. The van der Waals surface area contributed by atoms with E-state index < -0.39 is 23.4 Å². The quantitative estimate of drug-likeness (QED) is 0.232. The van der Waals surface area contributed by atoms with E-state index in [2.05, 4.69) is 5.32 Å². The third kappa shape index (κ3) is 7.81. The van der Waals surface area contributed by atoms with E-state index in [1.54, 1.807) is 14.0 Å². The van der Waals surface area contributed by atoms with Gasteiger partial charge in [0.05, 0.1) is 31.2 Å². The number of carboxylic acids is 1. The number of nitrogens with one attached hydrogen (secondary N) is 1. The number of halogens is 1. The second-order valence-corrected chi connectivity index (χ2v) is 11.1. The molecule has 2 unspecified atom stereocenters. The Kier molecular flexibility index (Phi) is 10.7. The molecule has 1 fully saturated rings. The number of carboxylic acid groups (broad SMARTS) is 1. The SMILES string of the molecule is CCC(C)(C=O)OCc1ccc(F)cc1C(C(=O)O)N1CC[C@@H](OCCCCc2cc(OC)c3c(n2)CCCN3)C1. The molecule has 3 heterocycles. The minimum absolute atomic E-state index is 0.0116. The molecule has 224 valence electrons. The molecule has 0 saturated carbocycles. The monoisotopic (exact) mass is 571 g/mol. The van der Waals surface area contributed by atoms with E-state index in [-0.39, 0.29) is 12.7 Å². The molecule has 2 N–H and O–H groups in total. The number of likely N-dealkylation sites (tertiary alicyclic amines) is 1. The summed E-state index contributed by atoms with van der Waals surface area (Å²) in [5.74, 6) is -0.733. The summed E-state index contributed by atoms with van der Waals surface area (Å²) in [5, 5.41) is 13.5. The van der Waals surface area contributed by atoms with Gasteiger partial charge in [0.2, 0.25) is 0 Å². The van der Waals surface area contributed by atoms with Crippen molar-refractivity contribution in [3.8, 4) is 5.75 Å². The fourth-order valence-electron chi connectivity index (χ4n) is 5.44. The smallest absolute Gasteiger partial charge is 0.325 e. The van der Waals surface area contributed by atoms with Crippen molar-refractivity contribution in [2.75, 3.05) is 38.7 Å². The third-order valence-electron chi connectivity index (χ3n) is 8.09. The van der Waals surface area contributed by atoms with Crippen molar-refractivity contribution in [1.29, 1.82) is 0 Å². The molecule has 2 aromatic rings. The first-order valence-corrected chi connectivity index (χ1v) is 14.5. The minimum Gasteiger partial charge on any atom is -0.494 e. The number of anilines is 1. The molecule has 2 aliphatic rings. The number of carbonyl (C=O) groups is 2. The lowest BCUT2D eigenvalue weighted by Crippen LogP contribution is -2.35. The fraction of sp³-hybridized carbons (Fsp3) is 0.581. The summed E-state index contributed by atoms with van der Waals surface area (Å²) in [6.07, 6.45) is 6.42. The number of nitrogens with zero attached hydrogens (tertiary/aromatic N) is 2. The first-order valence-electron chi connectivity index (χ1n) is 14.5. The van der Waals surface area contributed by atoms with Gasteiger partial charge in [-0.3, -0.25) is 14.7 Å². The number of aldehydes is 1. The van der Waals surface area contributed by atoms with E-state index in [0.717, 1.165) is 67.8 Å². The Balaban J connectivity index is 1.31. The summed E-state index contributed by atoms with van der Waals surface area (Å²) in [4.78, 5) is 30.5. The zero-order chi connectivity index (χ0) is 29.4. The first-order chi connectivity index (χ1) is 19.8. The van der Waals surface area contributed by atoms with Crippen molar-refractivity contribution in [2.24, 2.45) is 0 Å². The van der Waals surface area contributed by atoms with Gasteiger partial charge in [-0.25, -0.2) is 4.39 Å². The summed E-state index contributed by atoms with van der Waals surface area (Å²) in [6, 6.07) is 5.05. The van der Waals surface area contributed by atoms with Gasteiger partial charge in [-0.2, -0.15) is 0 Å². The molecule has 0 bridgehead atoms. The minimum atomic E-state index is -1.06. The highest BCUT2D eigenvalue weighted by molar-refractivity contribution is 5.76. The molecule has 0 radical (unpaired) electrons. The van der Waals surface area contributed by atoms with Gasteiger partial charge in [0, 0.05) is 38.0 Å². The summed E-state index contributed by atoms with van der Waals surface area (Å²) < 4.78 is 31.8. The van der Waals surface area contributed by atoms with Crippen LogP contribution in [0.15, 0.2) is 24.3 Å². The van der Waals surface area contributed by atoms with Crippen molar-refractivity contribution in [3.63, 3.8) is 0 Å². The largest absolute Gasteiger partial charge is 0.494 e. The van der Waals surface area contributed by atoms with Crippen LogP contribution in [0, 0.1) is 5.82 Å². The Morgan fingerprint density at radius 2 is 2.17 bits per heavy atom. The highest BCUT2D eigenvalue weighted by atomic mass is 19.1. The highest BCUT2D eigenvalue weighted by Crippen LogP contribution is 2.33. The van der Waals surface area contributed by atoms with Crippen LogP contribution in [0.25, 0.3) is 0 Å². The Hall–Kier alpha value is -3.08. The summed E-state index contributed by atoms with van der Waals surface area (Å²) >= 11 is 0. The molecule has 0 aliphatic carbocycles. The zero-order valence-corrected chi connectivity index (χ0v) is 24.3. The molecule has 0 spiro atoms. The average molecular weight is 572 g/mol. The molecule has 9 nitrogen and oxygen atoms in total. The molecular weight excluding hydrogens is 529 g/mol. The van der Waals surface area contributed by atoms with Crippen LogP contribution < -0.4 is 10.1 Å². The number of aromatic nitrogens is 1. The normalized spacial score (nSPS) is 19.2. The van der Waals surface area contributed by atoms with Crippen LogP contribution >= 0.6 is 0 Å². The number of methoxy groups -OCH3 is 1. The Labute approximate surface area is 241 Å². The summed E-state index contributed by atoms with van der Waals surface area (Å²) in [7, 11) is 1.68. The van der Waals surface area contributed by atoms with Crippen LogP contribution in [-0.2, 0) is 38.5 Å². The van der Waals surface area contributed by atoms with Crippen LogP contribution in [-0.4, -0.2) is 72.3 Å². The van der Waals surface area contributed by atoms with Crippen LogP contribution in [0.3, 0.4) is 0 Å². The van der Waals surface area contributed by atoms with Gasteiger partial charge in [0.15, 0.2) is 6.29 Å². The number of fused-ring (bicyclic) bond motifs is 1. The van der Waals surface area contributed by atoms with Crippen LogP contribution in [0.5, 0.6) is 5.75 Å². The molecule has 10 heteroatoms. The van der Waals surface area contributed by atoms with E-state index >= 15 is 0 Å². The van der Waals surface area contributed by atoms with E-state index in [0.29, 0.717) is 43.7 Å². The predicted octanol–water partition coefficient (Wildman–Crippen LogP) is 4.71. The number of hydrogen-bond donors (Lipinski definition) is 2. The van der Waals surface area contributed by atoms with Gasteiger partial charge >= 0.3 is 5.97 Å².